The van der Waals surface area contributed by atoms with Gasteiger partial charge in [0.1, 0.15) is 0 Å². The minimum Gasteiger partial charge on any atom is -0.377 e. The van der Waals surface area contributed by atoms with E-state index >= 15 is 0 Å². The third kappa shape index (κ3) is 7.01. The molecule has 1 aliphatic rings. The number of carbonyl (C=O) groups is 1. The second kappa shape index (κ2) is 11.8. The summed E-state index contributed by atoms with van der Waals surface area (Å²) in [6.45, 7) is 3.40. The van der Waals surface area contributed by atoms with E-state index in [9.17, 15) is 13.2 Å². The summed E-state index contributed by atoms with van der Waals surface area (Å²) in [4.78, 5) is 17.8. The highest BCUT2D eigenvalue weighted by Crippen LogP contribution is 2.23. The molecule has 0 saturated carbocycles. The van der Waals surface area contributed by atoms with Crippen molar-refractivity contribution in [2.75, 3.05) is 19.7 Å². The molecule has 2 aromatic carbocycles. The summed E-state index contributed by atoms with van der Waals surface area (Å²) in [6, 6.07) is 20.3. The Morgan fingerprint density at radius 2 is 1.80 bits per heavy atom. The van der Waals surface area contributed by atoms with Gasteiger partial charge in [-0.25, -0.2) is 8.42 Å². The lowest BCUT2D eigenvalue weighted by molar-refractivity contribution is -0.132. The number of sulfonamides is 1. The molecule has 0 N–H and O–H groups in total. The molecule has 1 unspecified atom stereocenters. The van der Waals surface area contributed by atoms with Crippen molar-refractivity contribution < 1.29 is 17.9 Å². The summed E-state index contributed by atoms with van der Waals surface area (Å²) in [5, 5.41) is 0. The van der Waals surface area contributed by atoms with Gasteiger partial charge >= 0.3 is 0 Å². The van der Waals surface area contributed by atoms with Gasteiger partial charge in [0.15, 0.2) is 0 Å². The maximum Gasteiger partial charge on any atom is 0.243 e. The normalized spacial score (nSPS) is 16.0. The molecule has 1 fully saturated rings. The SMILES string of the molecule is Cc1ccc(CN(Cc2ccccc2)C(=O)CN(CC2CCCO2)S(=O)(=O)c2ccc(Br)cc2)s1. The molecule has 35 heavy (non-hydrogen) atoms. The van der Waals surface area contributed by atoms with E-state index in [0.29, 0.717) is 19.7 Å². The standard InChI is InChI=1S/C26H29BrN2O4S2/c1-20-9-12-24(34-20)18-28(16-21-6-3-2-4-7-21)26(30)19-29(17-23-8-5-15-33-23)35(31,32)25-13-10-22(27)11-14-25/h2-4,6-7,9-14,23H,5,8,15-19H2,1H3. The molecule has 0 spiro atoms. The van der Waals surface area contributed by atoms with Gasteiger partial charge in [-0.3, -0.25) is 4.79 Å². The number of hydrogen-bond donors (Lipinski definition) is 0. The number of carbonyl (C=O) groups excluding carboxylic acids is 1. The van der Waals surface area contributed by atoms with Crippen molar-refractivity contribution >= 4 is 43.2 Å². The van der Waals surface area contributed by atoms with Crippen LogP contribution in [-0.4, -0.2) is 49.3 Å². The highest BCUT2D eigenvalue weighted by Gasteiger charge is 2.32. The number of ether oxygens (including phenoxy) is 1. The van der Waals surface area contributed by atoms with Gasteiger partial charge in [0.25, 0.3) is 0 Å². The molecule has 0 radical (unpaired) electrons. The second-order valence-corrected chi connectivity index (χ2v) is 12.9. The predicted octanol–water partition coefficient (Wildman–Crippen LogP) is 5.22. The highest BCUT2D eigenvalue weighted by molar-refractivity contribution is 9.10. The van der Waals surface area contributed by atoms with Crippen LogP contribution in [0.1, 0.15) is 28.2 Å². The van der Waals surface area contributed by atoms with Crippen molar-refractivity contribution in [2.24, 2.45) is 0 Å². The fourth-order valence-corrected chi connectivity index (χ4v) is 6.66. The van der Waals surface area contributed by atoms with Crippen LogP contribution in [0, 0.1) is 6.92 Å². The molecule has 1 amide bonds. The van der Waals surface area contributed by atoms with Gasteiger partial charge in [-0.05, 0) is 61.7 Å². The molecule has 6 nitrogen and oxygen atoms in total. The summed E-state index contributed by atoms with van der Waals surface area (Å²) >= 11 is 5.00. The van der Waals surface area contributed by atoms with Gasteiger partial charge in [-0.1, -0.05) is 46.3 Å². The van der Waals surface area contributed by atoms with Gasteiger partial charge < -0.3 is 9.64 Å². The number of aryl methyl sites for hydroxylation is 1. The van der Waals surface area contributed by atoms with Crippen molar-refractivity contribution in [3.63, 3.8) is 0 Å². The smallest absolute Gasteiger partial charge is 0.243 e. The average Bonchev–Trinajstić information content (AvgIpc) is 3.50. The Labute approximate surface area is 219 Å². The lowest BCUT2D eigenvalue weighted by Gasteiger charge is -2.28. The molecular formula is C26H29BrN2O4S2. The number of halogens is 1. The van der Waals surface area contributed by atoms with Gasteiger partial charge in [-0.15, -0.1) is 11.3 Å². The average molecular weight is 578 g/mol. The largest absolute Gasteiger partial charge is 0.377 e. The molecule has 1 atom stereocenters. The second-order valence-electron chi connectivity index (χ2n) is 8.63. The molecular weight excluding hydrogens is 548 g/mol. The molecule has 0 bridgehead atoms. The Kier molecular flexibility index (Phi) is 8.77. The molecule has 0 aliphatic carbocycles. The first-order valence-electron chi connectivity index (χ1n) is 11.6. The molecule has 4 rings (SSSR count). The van der Waals surface area contributed by atoms with E-state index in [1.807, 2.05) is 49.4 Å². The summed E-state index contributed by atoms with van der Waals surface area (Å²) in [7, 11) is -3.89. The third-order valence-electron chi connectivity index (χ3n) is 5.91. The van der Waals surface area contributed by atoms with Crippen molar-refractivity contribution in [3.05, 3.63) is 86.5 Å². The molecule has 2 heterocycles. The monoisotopic (exact) mass is 576 g/mol. The third-order valence-corrected chi connectivity index (χ3v) is 9.25. The number of rotatable bonds is 10. The fraction of sp³-hybridized carbons (Fsp3) is 0.346. The van der Waals surface area contributed by atoms with Crippen LogP contribution >= 0.6 is 27.3 Å². The van der Waals surface area contributed by atoms with Crippen molar-refractivity contribution in [1.82, 2.24) is 9.21 Å². The fourth-order valence-electron chi connectivity index (χ4n) is 4.06. The van der Waals surface area contributed by atoms with E-state index in [1.165, 1.54) is 9.18 Å². The zero-order chi connectivity index (χ0) is 24.8. The summed E-state index contributed by atoms with van der Waals surface area (Å²) in [5.74, 6) is -0.237. The number of amides is 1. The lowest BCUT2D eigenvalue weighted by Crippen LogP contribution is -2.45. The van der Waals surface area contributed by atoms with E-state index < -0.39 is 10.0 Å². The van der Waals surface area contributed by atoms with Crippen LogP contribution in [0.25, 0.3) is 0 Å². The van der Waals surface area contributed by atoms with Gasteiger partial charge in [0.2, 0.25) is 15.9 Å². The zero-order valence-corrected chi connectivity index (χ0v) is 22.8. The zero-order valence-electron chi connectivity index (χ0n) is 19.6. The summed E-state index contributed by atoms with van der Waals surface area (Å²) < 4.78 is 35.0. The number of benzene rings is 2. The van der Waals surface area contributed by atoms with Crippen LogP contribution < -0.4 is 0 Å². The van der Waals surface area contributed by atoms with Crippen LogP contribution in [0.3, 0.4) is 0 Å². The van der Waals surface area contributed by atoms with Gasteiger partial charge in [-0.2, -0.15) is 4.31 Å². The lowest BCUT2D eigenvalue weighted by atomic mass is 10.2. The topological polar surface area (TPSA) is 66.9 Å². The van der Waals surface area contributed by atoms with Crippen LogP contribution in [0.4, 0.5) is 0 Å². The van der Waals surface area contributed by atoms with Crippen LogP contribution in [0.5, 0.6) is 0 Å². The summed E-state index contributed by atoms with van der Waals surface area (Å²) in [5.41, 5.74) is 0.996. The Balaban J connectivity index is 1.59. The molecule has 1 aromatic heterocycles. The van der Waals surface area contributed by atoms with Crippen molar-refractivity contribution in [3.8, 4) is 0 Å². The molecule has 1 saturated heterocycles. The minimum atomic E-state index is -3.89. The number of thiophene rings is 1. The van der Waals surface area contributed by atoms with E-state index in [0.717, 1.165) is 27.8 Å². The van der Waals surface area contributed by atoms with E-state index in [-0.39, 0.29) is 30.0 Å². The minimum absolute atomic E-state index is 0.154. The Bertz CT molecular complexity index is 1220. The first kappa shape index (κ1) is 26.0. The highest BCUT2D eigenvalue weighted by atomic mass is 79.9. The van der Waals surface area contributed by atoms with Gasteiger partial charge in [0.05, 0.1) is 24.1 Å². The molecule has 186 valence electrons. The van der Waals surface area contributed by atoms with Crippen LogP contribution in [0.15, 0.2) is 76.1 Å². The van der Waals surface area contributed by atoms with Crippen molar-refractivity contribution in [2.45, 2.75) is 43.9 Å². The van der Waals surface area contributed by atoms with E-state index in [1.54, 1.807) is 40.5 Å². The predicted molar refractivity (Wildman–Crippen MR) is 142 cm³/mol. The molecule has 9 heteroatoms. The molecule has 3 aromatic rings. The Morgan fingerprint density at radius 1 is 1.06 bits per heavy atom. The van der Waals surface area contributed by atoms with Crippen LogP contribution in [0.2, 0.25) is 0 Å². The van der Waals surface area contributed by atoms with E-state index in [4.69, 9.17) is 4.74 Å². The Hall–Kier alpha value is -2.04. The Morgan fingerprint density at radius 3 is 2.43 bits per heavy atom. The van der Waals surface area contributed by atoms with E-state index in [2.05, 4.69) is 15.9 Å². The maximum absolute atomic E-state index is 13.7. The van der Waals surface area contributed by atoms with Crippen LogP contribution in [-0.2, 0) is 32.6 Å². The quantitative estimate of drug-likeness (QED) is 0.332. The van der Waals surface area contributed by atoms with Gasteiger partial charge in [0, 0.05) is 33.9 Å². The molecule has 1 aliphatic heterocycles. The van der Waals surface area contributed by atoms with Crippen molar-refractivity contribution in [1.29, 1.82) is 0 Å². The number of hydrogen-bond acceptors (Lipinski definition) is 5. The first-order valence-corrected chi connectivity index (χ1v) is 14.6. The summed E-state index contributed by atoms with van der Waals surface area (Å²) in [6.07, 6.45) is 1.46. The maximum atomic E-state index is 13.7. The number of nitrogens with zero attached hydrogens (tertiary/aromatic N) is 2. The first-order chi connectivity index (χ1) is 16.8.